The number of hydrogen-bond acceptors (Lipinski definition) is 3. The number of ether oxygens (including phenoxy) is 1. The van der Waals surface area contributed by atoms with Gasteiger partial charge in [-0.05, 0) is 60.5 Å². The first-order valence-electron chi connectivity index (χ1n) is 11.4. The van der Waals surface area contributed by atoms with E-state index in [4.69, 9.17) is 0 Å². The molecule has 4 rings (SSSR count). The number of rotatable bonds is 8. The lowest BCUT2D eigenvalue weighted by Gasteiger charge is -2.26. The summed E-state index contributed by atoms with van der Waals surface area (Å²) in [6.07, 6.45) is -11.9. The number of anilines is 1. The van der Waals surface area contributed by atoms with Gasteiger partial charge in [-0.15, -0.1) is 0 Å². The standard InChI is InChI=1S/C27H21F7N2O2/c1-16(17-6-3-2-4-7-17)35-22-15-23(18-8-5-9-21(14-18)38-27(33,34)25(28)29)36(24(22)37)20-12-10-19(11-13-20)26(30,31)32/h2-16,23,25,35H,1H3. The van der Waals surface area contributed by atoms with Crippen LogP contribution in [0.25, 0.3) is 0 Å². The van der Waals surface area contributed by atoms with Crippen molar-refractivity contribution in [3.63, 3.8) is 0 Å². The third-order valence-electron chi connectivity index (χ3n) is 5.90. The molecule has 200 valence electrons. The van der Waals surface area contributed by atoms with E-state index in [0.717, 1.165) is 42.0 Å². The Labute approximate surface area is 213 Å². The molecular weight excluding hydrogens is 517 g/mol. The minimum Gasteiger partial charge on any atom is -0.428 e. The van der Waals surface area contributed by atoms with Gasteiger partial charge in [0.15, 0.2) is 0 Å². The number of hydrogen-bond donors (Lipinski definition) is 1. The third-order valence-corrected chi connectivity index (χ3v) is 5.90. The van der Waals surface area contributed by atoms with Crippen LogP contribution < -0.4 is 15.0 Å². The summed E-state index contributed by atoms with van der Waals surface area (Å²) in [4.78, 5) is 14.6. The fourth-order valence-corrected chi connectivity index (χ4v) is 4.03. The predicted molar refractivity (Wildman–Crippen MR) is 126 cm³/mol. The lowest BCUT2D eigenvalue weighted by Crippen LogP contribution is -2.34. The predicted octanol–water partition coefficient (Wildman–Crippen LogP) is 7.26. The molecule has 1 amide bonds. The Bertz CT molecular complexity index is 1310. The second-order valence-corrected chi connectivity index (χ2v) is 8.56. The van der Waals surface area contributed by atoms with E-state index in [1.165, 1.54) is 23.1 Å². The summed E-state index contributed by atoms with van der Waals surface area (Å²) in [5.74, 6) is -1.15. The molecule has 1 heterocycles. The van der Waals surface area contributed by atoms with Crippen molar-refractivity contribution in [2.24, 2.45) is 0 Å². The molecular formula is C27H21F7N2O2. The summed E-state index contributed by atoms with van der Waals surface area (Å²) in [5.41, 5.74) is 0.381. The Morgan fingerprint density at radius 1 is 0.895 bits per heavy atom. The maximum absolute atomic E-state index is 13.5. The molecule has 0 spiro atoms. The summed E-state index contributed by atoms with van der Waals surface area (Å²) in [6.45, 7) is 1.81. The number of carbonyl (C=O) groups is 1. The fraction of sp³-hybridized carbons (Fsp3) is 0.222. The van der Waals surface area contributed by atoms with Gasteiger partial charge < -0.3 is 10.1 Å². The molecule has 2 atom stereocenters. The van der Waals surface area contributed by atoms with Crippen LogP contribution in [-0.4, -0.2) is 18.4 Å². The lowest BCUT2D eigenvalue weighted by atomic mass is 10.0. The summed E-state index contributed by atoms with van der Waals surface area (Å²) in [6, 6.07) is 16.6. The van der Waals surface area contributed by atoms with Crippen molar-refractivity contribution in [3.8, 4) is 5.75 Å². The highest BCUT2D eigenvalue weighted by Crippen LogP contribution is 2.39. The monoisotopic (exact) mass is 538 g/mol. The quantitative estimate of drug-likeness (QED) is 0.307. The Hall–Kier alpha value is -4.02. The fourth-order valence-electron chi connectivity index (χ4n) is 4.03. The molecule has 0 aromatic heterocycles. The van der Waals surface area contributed by atoms with Gasteiger partial charge in [0.25, 0.3) is 5.91 Å². The average Bonchev–Trinajstić information content (AvgIpc) is 3.19. The second kappa shape index (κ2) is 10.4. The highest BCUT2D eigenvalue weighted by Gasteiger charge is 2.44. The molecule has 0 saturated heterocycles. The first-order valence-corrected chi connectivity index (χ1v) is 11.4. The highest BCUT2D eigenvalue weighted by atomic mass is 19.4. The second-order valence-electron chi connectivity index (χ2n) is 8.56. The highest BCUT2D eigenvalue weighted by molar-refractivity contribution is 6.08. The number of carbonyl (C=O) groups excluding carboxylic acids is 1. The maximum atomic E-state index is 13.5. The molecule has 0 saturated carbocycles. The zero-order valence-corrected chi connectivity index (χ0v) is 19.7. The van der Waals surface area contributed by atoms with Gasteiger partial charge in [-0.25, -0.2) is 0 Å². The minimum absolute atomic E-state index is 0.109. The van der Waals surface area contributed by atoms with Crippen LogP contribution >= 0.6 is 0 Å². The Balaban J connectivity index is 1.71. The van der Waals surface area contributed by atoms with Crippen molar-refractivity contribution in [2.75, 3.05) is 4.90 Å². The molecule has 3 aromatic carbocycles. The van der Waals surface area contributed by atoms with Gasteiger partial charge in [-0.1, -0.05) is 42.5 Å². The summed E-state index contributed by atoms with van der Waals surface area (Å²) in [5, 5.41) is 3.09. The number of alkyl halides is 7. The largest absolute Gasteiger partial charge is 0.461 e. The van der Waals surface area contributed by atoms with Gasteiger partial charge in [0.2, 0.25) is 0 Å². The van der Waals surface area contributed by atoms with E-state index in [0.29, 0.717) is 0 Å². The molecule has 0 aliphatic carbocycles. The van der Waals surface area contributed by atoms with E-state index in [1.54, 1.807) is 6.92 Å². The number of amides is 1. The number of nitrogens with one attached hydrogen (secondary N) is 1. The Morgan fingerprint density at radius 2 is 1.55 bits per heavy atom. The van der Waals surface area contributed by atoms with Gasteiger partial charge >= 0.3 is 18.7 Å². The van der Waals surface area contributed by atoms with Crippen molar-refractivity contribution >= 4 is 11.6 Å². The summed E-state index contributed by atoms with van der Waals surface area (Å²) in [7, 11) is 0. The molecule has 4 nitrogen and oxygen atoms in total. The van der Waals surface area contributed by atoms with E-state index in [9.17, 15) is 35.5 Å². The lowest BCUT2D eigenvalue weighted by molar-refractivity contribution is -0.253. The molecule has 38 heavy (non-hydrogen) atoms. The molecule has 2 unspecified atom stereocenters. The van der Waals surface area contributed by atoms with E-state index in [1.807, 2.05) is 30.3 Å². The summed E-state index contributed by atoms with van der Waals surface area (Å²) >= 11 is 0. The number of benzene rings is 3. The van der Waals surface area contributed by atoms with Gasteiger partial charge in [-0.2, -0.15) is 30.7 Å². The number of halogens is 7. The number of nitrogens with zero attached hydrogens (tertiary/aromatic N) is 1. The molecule has 0 bridgehead atoms. The summed E-state index contributed by atoms with van der Waals surface area (Å²) < 4.78 is 95.7. The third kappa shape index (κ3) is 5.76. The van der Waals surface area contributed by atoms with Gasteiger partial charge in [-0.3, -0.25) is 9.69 Å². The van der Waals surface area contributed by atoms with Crippen molar-refractivity contribution in [1.29, 1.82) is 0 Å². The molecule has 11 heteroatoms. The Kier molecular flexibility index (Phi) is 7.39. The topological polar surface area (TPSA) is 41.6 Å². The van der Waals surface area contributed by atoms with Crippen molar-refractivity contribution in [1.82, 2.24) is 5.32 Å². The molecule has 0 radical (unpaired) electrons. The molecule has 3 aromatic rings. The van der Waals surface area contributed by atoms with Crippen LogP contribution in [0.3, 0.4) is 0 Å². The van der Waals surface area contributed by atoms with Crippen LogP contribution in [-0.2, 0) is 11.0 Å². The van der Waals surface area contributed by atoms with Gasteiger partial charge in [0, 0.05) is 11.7 Å². The van der Waals surface area contributed by atoms with Crippen LogP contribution in [0.2, 0.25) is 0 Å². The van der Waals surface area contributed by atoms with Crippen LogP contribution in [0.5, 0.6) is 5.75 Å². The van der Waals surface area contributed by atoms with Crippen LogP contribution in [0.4, 0.5) is 36.4 Å². The van der Waals surface area contributed by atoms with Gasteiger partial charge in [0.05, 0.1) is 17.3 Å². The van der Waals surface area contributed by atoms with E-state index in [2.05, 4.69) is 10.1 Å². The van der Waals surface area contributed by atoms with Gasteiger partial charge in [0.1, 0.15) is 5.75 Å². The normalized spacial score (nSPS) is 17.0. The smallest absolute Gasteiger partial charge is 0.428 e. The van der Waals surface area contributed by atoms with Crippen LogP contribution in [0.15, 0.2) is 90.6 Å². The van der Waals surface area contributed by atoms with Crippen LogP contribution in [0.1, 0.15) is 35.7 Å². The molecule has 0 fully saturated rings. The van der Waals surface area contributed by atoms with E-state index >= 15 is 0 Å². The van der Waals surface area contributed by atoms with Crippen LogP contribution in [0, 0.1) is 0 Å². The SMILES string of the molecule is CC(NC1=CC(c2cccc(OC(F)(F)C(F)F)c2)N(c2ccc(C(F)(F)F)cc2)C1=O)c1ccccc1. The molecule has 1 aliphatic heterocycles. The minimum atomic E-state index is -4.75. The average molecular weight is 538 g/mol. The first kappa shape index (κ1) is 27.0. The zero-order valence-electron chi connectivity index (χ0n) is 19.7. The first-order chi connectivity index (χ1) is 17.9. The maximum Gasteiger partial charge on any atom is 0.461 e. The van der Waals surface area contributed by atoms with E-state index < -0.39 is 42.0 Å². The van der Waals surface area contributed by atoms with Crippen molar-refractivity contribution in [3.05, 3.63) is 107 Å². The van der Waals surface area contributed by atoms with E-state index in [-0.39, 0.29) is 23.0 Å². The molecule has 1 aliphatic rings. The Morgan fingerprint density at radius 3 is 2.16 bits per heavy atom. The van der Waals surface area contributed by atoms with Crippen molar-refractivity contribution < 1.29 is 40.3 Å². The zero-order chi connectivity index (χ0) is 27.7. The molecule has 1 N–H and O–H groups in total. The van der Waals surface area contributed by atoms with Crippen molar-refractivity contribution in [2.45, 2.75) is 37.7 Å².